The second-order valence-corrected chi connectivity index (χ2v) is 7.56. The van der Waals surface area contributed by atoms with Crippen LogP contribution in [0.4, 0.5) is 5.82 Å². The standard InChI is InChI=1S/C19H18N6O3S/c1-10-4-5-13(6-11(10)2)25-17-14(8-20-25)18(27)23-19(22-17)29-9-16(26)21-15-7-12(3)28-24-15/h4-8H,9H2,1-3H3,(H,21,24,26)(H,22,23,27). The minimum absolute atomic E-state index is 0.0537. The van der Waals surface area contributed by atoms with E-state index in [4.69, 9.17) is 4.52 Å². The number of nitrogens with one attached hydrogen (secondary N) is 2. The van der Waals surface area contributed by atoms with Gasteiger partial charge < -0.3 is 14.8 Å². The number of amides is 1. The molecule has 2 N–H and O–H groups in total. The highest BCUT2D eigenvalue weighted by Crippen LogP contribution is 2.20. The van der Waals surface area contributed by atoms with Gasteiger partial charge in [-0.25, -0.2) is 9.67 Å². The van der Waals surface area contributed by atoms with Gasteiger partial charge in [0.1, 0.15) is 11.1 Å². The predicted molar refractivity (Wildman–Crippen MR) is 110 cm³/mol. The molecule has 0 unspecified atom stereocenters. The first-order valence-electron chi connectivity index (χ1n) is 8.82. The zero-order chi connectivity index (χ0) is 20.5. The molecule has 0 aliphatic rings. The SMILES string of the molecule is Cc1cc(NC(=O)CSc2nc3c(cnn3-c3ccc(C)c(C)c3)c(=O)[nH]2)no1. The van der Waals surface area contributed by atoms with E-state index in [9.17, 15) is 9.59 Å². The third kappa shape index (κ3) is 3.92. The summed E-state index contributed by atoms with van der Waals surface area (Å²) in [4.78, 5) is 31.7. The van der Waals surface area contributed by atoms with E-state index >= 15 is 0 Å². The van der Waals surface area contributed by atoms with Crippen molar-refractivity contribution >= 4 is 34.5 Å². The number of carbonyl (C=O) groups is 1. The van der Waals surface area contributed by atoms with Crippen molar-refractivity contribution in [2.24, 2.45) is 0 Å². The molecule has 148 valence electrons. The van der Waals surface area contributed by atoms with E-state index in [2.05, 4.69) is 25.5 Å². The maximum atomic E-state index is 12.4. The van der Waals surface area contributed by atoms with Crippen molar-refractivity contribution in [3.8, 4) is 5.69 Å². The van der Waals surface area contributed by atoms with Gasteiger partial charge in [-0.15, -0.1) is 0 Å². The fourth-order valence-corrected chi connectivity index (χ4v) is 3.41. The lowest BCUT2D eigenvalue weighted by Gasteiger charge is -2.07. The Kier molecular flexibility index (Phi) is 4.93. The number of hydrogen-bond acceptors (Lipinski definition) is 7. The third-order valence-corrected chi connectivity index (χ3v) is 5.26. The van der Waals surface area contributed by atoms with Crippen LogP contribution in [0.5, 0.6) is 0 Å². The lowest BCUT2D eigenvalue weighted by molar-refractivity contribution is -0.113. The number of hydrogen-bond donors (Lipinski definition) is 2. The second kappa shape index (κ2) is 7.55. The van der Waals surface area contributed by atoms with Crippen molar-refractivity contribution in [2.45, 2.75) is 25.9 Å². The average molecular weight is 410 g/mol. The Hall–Kier alpha value is -3.40. The number of thioether (sulfide) groups is 1. The Morgan fingerprint density at radius 1 is 1.24 bits per heavy atom. The maximum Gasteiger partial charge on any atom is 0.262 e. The topological polar surface area (TPSA) is 119 Å². The number of nitrogens with zero attached hydrogens (tertiary/aromatic N) is 4. The summed E-state index contributed by atoms with van der Waals surface area (Å²) in [5.74, 6) is 0.716. The summed E-state index contributed by atoms with van der Waals surface area (Å²) in [6, 6.07) is 7.54. The molecule has 0 atom stereocenters. The molecule has 0 saturated carbocycles. The molecule has 0 aliphatic heterocycles. The average Bonchev–Trinajstić information content (AvgIpc) is 3.29. The monoisotopic (exact) mass is 410 g/mol. The molecule has 10 heteroatoms. The van der Waals surface area contributed by atoms with Crippen molar-refractivity contribution in [3.05, 3.63) is 57.7 Å². The molecule has 0 spiro atoms. The van der Waals surface area contributed by atoms with Crippen LogP contribution in [0, 0.1) is 20.8 Å². The quantitative estimate of drug-likeness (QED) is 0.383. The van der Waals surface area contributed by atoms with E-state index < -0.39 is 0 Å². The minimum atomic E-state index is -0.305. The first kappa shape index (κ1) is 18.9. The molecular weight excluding hydrogens is 392 g/mol. The fraction of sp³-hybridized carbons (Fsp3) is 0.211. The van der Waals surface area contributed by atoms with Gasteiger partial charge in [0.25, 0.3) is 5.56 Å². The van der Waals surface area contributed by atoms with Gasteiger partial charge in [-0.2, -0.15) is 5.10 Å². The van der Waals surface area contributed by atoms with Crippen molar-refractivity contribution < 1.29 is 9.32 Å². The van der Waals surface area contributed by atoms with Gasteiger partial charge in [-0.1, -0.05) is 23.0 Å². The van der Waals surface area contributed by atoms with E-state index in [-0.39, 0.29) is 17.2 Å². The van der Waals surface area contributed by atoms with Gasteiger partial charge in [0.15, 0.2) is 16.6 Å². The van der Waals surface area contributed by atoms with Gasteiger partial charge in [-0.3, -0.25) is 9.59 Å². The number of H-pyrrole nitrogens is 1. The smallest absolute Gasteiger partial charge is 0.262 e. The molecule has 3 aromatic heterocycles. The summed E-state index contributed by atoms with van der Waals surface area (Å²) in [5.41, 5.74) is 3.23. The lowest BCUT2D eigenvalue weighted by atomic mass is 10.1. The molecule has 0 aliphatic carbocycles. The largest absolute Gasteiger partial charge is 0.360 e. The number of benzene rings is 1. The Labute approximate surface area is 169 Å². The van der Waals surface area contributed by atoms with Crippen LogP contribution >= 0.6 is 11.8 Å². The maximum absolute atomic E-state index is 12.4. The number of aromatic amines is 1. The van der Waals surface area contributed by atoms with E-state index in [1.807, 2.05) is 32.0 Å². The van der Waals surface area contributed by atoms with E-state index in [0.29, 0.717) is 27.8 Å². The summed E-state index contributed by atoms with van der Waals surface area (Å²) in [6.45, 7) is 5.78. The first-order valence-corrected chi connectivity index (χ1v) is 9.81. The van der Waals surface area contributed by atoms with Crippen molar-refractivity contribution in [1.29, 1.82) is 0 Å². The van der Waals surface area contributed by atoms with E-state index in [1.54, 1.807) is 17.7 Å². The summed E-state index contributed by atoms with van der Waals surface area (Å²) >= 11 is 1.12. The summed E-state index contributed by atoms with van der Waals surface area (Å²) in [6.07, 6.45) is 1.49. The molecule has 0 fully saturated rings. The highest BCUT2D eigenvalue weighted by molar-refractivity contribution is 7.99. The van der Waals surface area contributed by atoms with Crippen LogP contribution in [-0.4, -0.2) is 36.6 Å². The number of carbonyl (C=O) groups excluding carboxylic acids is 1. The van der Waals surface area contributed by atoms with Gasteiger partial charge in [0.2, 0.25) is 5.91 Å². The minimum Gasteiger partial charge on any atom is -0.360 e. The molecule has 0 radical (unpaired) electrons. The second-order valence-electron chi connectivity index (χ2n) is 6.59. The van der Waals surface area contributed by atoms with Crippen LogP contribution in [0.1, 0.15) is 16.9 Å². The third-order valence-electron chi connectivity index (χ3n) is 4.39. The Bertz CT molecular complexity index is 1270. The zero-order valence-electron chi connectivity index (χ0n) is 16.0. The van der Waals surface area contributed by atoms with Crippen LogP contribution in [0.25, 0.3) is 16.7 Å². The highest BCUT2D eigenvalue weighted by Gasteiger charge is 2.14. The van der Waals surface area contributed by atoms with Crippen molar-refractivity contribution in [2.75, 3.05) is 11.1 Å². The van der Waals surface area contributed by atoms with Crippen LogP contribution in [0.3, 0.4) is 0 Å². The highest BCUT2D eigenvalue weighted by atomic mass is 32.2. The van der Waals surface area contributed by atoms with Crippen LogP contribution in [0.15, 0.2) is 44.9 Å². The normalized spacial score (nSPS) is 11.1. The van der Waals surface area contributed by atoms with Gasteiger partial charge >= 0.3 is 0 Å². The summed E-state index contributed by atoms with van der Waals surface area (Å²) in [7, 11) is 0. The number of aryl methyl sites for hydroxylation is 3. The molecule has 1 aromatic carbocycles. The molecule has 29 heavy (non-hydrogen) atoms. The fourth-order valence-electron chi connectivity index (χ4n) is 2.75. The Balaban J connectivity index is 1.58. The molecule has 1 amide bonds. The first-order chi connectivity index (χ1) is 13.9. The molecular formula is C19H18N6O3S. The van der Waals surface area contributed by atoms with Crippen LogP contribution in [-0.2, 0) is 4.79 Å². The summed E-state index contributed by atoms with van der Waals surface area (Å²) in [5, 5.41) is 11.4. The number of rotatable bonds is 5. The van der Waals surface area contributed by atoms with E-state index in [0.717, 1.165) is 23.0 Å². The molecule has 4 rings (SSSR count). The van der Waals surface area contributed by atoms with Crippen molar-refractivity contribution in [1.82, 2.24) is 24.9 Å². The van der Waals surface area contributed by atoms with Gasteiger partial charge in [0.05, 0.1) is 17.6 Å². The molecule has 4 aromatic rings. The van der Waals surface area contributed by atoms with Crippen LogP contribution in [0.2, 0.25) is 0 Å². The van der Waals surface area contributed by atoms with Crippen molar-refractivity contribution in [3.63, 3.8) is 0 Å². The Morgan fingerprint density at radius 3 is 2.79 bits per heavy atom. The summed E-state index contributed by atoms with van der Waals surface area (Å²) < 4.78 is 6.54. The number of aromatic nitrogens is 5. The van der Waals surface area contributed by atoms with Gasteiger partial charge in [-0.05, 0) is 44.0 Å². The molecule has 3 heterocycles. The lowest BCUT2D eigenvalue weighted by Crippen LogP contribution is -2.16. The predicted octanol–water partition coefficient (Wildman–Crippen LogP) is 2.75. The van der Waals surface area contributed by atoms with Gasteiger partial charge in [0, 0.05) is 6.07 Å². The molecule has 0 saturated heterocycles. The molecule has 0 bridgehead atoms. The Morgan fingerprint density at radius 2 is 2.07 bits per heavy atom. The number of fused-ring (bicyclic) bond motifs is 1. The van der Waals surface area contributed by atoms with E-state index in [1.165, 1.54) is 11.8 Å². The number of anilines is 1. The van der Waals surface area contributed by atoms with Crippen LogP contribution < -0.4 is 10.9 Å². The molecule has 9 nitrogen and oxygen atoms in total. The zero-order valence-corrected chi connectivity index (χ0v) is 16.8.